The van der Waals surface area contributed by atoms with E-state index in [9.17, 15) is 34.5 Å². The molecule has 4 rings (SSSR count). The normalized spacial score (nSPS) is 33.7. The number of primary amides is 1. The number of carbonyl (C=O) groups excluding carboxylic acids is 4. The summed E-state index contributed by atoms with van der Waals surface area (Å²) in [6.45, 7) is 7.20. The number of aromatic hydroxyl groups is 1. The highest BCUT2D eigenvalue weighted by atomic mass is 16.3. The number of fused-ring (bicyclic) bond motifs is 3. The van der Waals surface area contributed by atoms with Crippen molar-refractivity contribution in [2.75, 3.05) is 20.6 Å². The van der Waals surface area contributed by atoms with Crippen molar-refractivity contribution in [3.63, 3.8) is 0 Å². The Morgan fingerprint density at radius 2 is 1.84 bits per heavy atom. The highest BCUT2D eigenvalue weighted by Gasteiger charge is 2.69. The first kappa shape index (κ1) is 27.4. The lowest BCUT2D eigenvalue weighted by Gasteiger charge is -2.54. The van der Waals surface area contributed by atoms with Gasteiger partial charge in [0, 0.05) is 30.6 Å². The molecule has 37 heavy (non-hydrogen) atoms. The van der Waals surface area contributed by atoms with Crippen LogP contribution >= 0.6 is 0 Å². The fourth-order valence-electron chi connectivity index (χ4n) is 6.56. The third kappa shape index (κ3) is 4.29. The quantitative estimate of drug-likeness (QED) is 0.333. The van der Waals surface area contributed by atoms with Crippen LogP contribution in [0.1, 0.15) is 48.7 Å². The molecule has 0 saturated heterocycles. The third-order valence-corrected chi connectivity index (χ3v) is 8.22. The molecule has 0 bridgehead atoms. The Bertz CT molecular complexity index is 1160. The number of aliphatic hydroxyl groups is 2. The molecular weight excluding hydrogens is 478 g/mol. The van der Waals surface area contributed by atoms with Gasteiger partial charge in [-0.2, -0.15) is 0 Å². The third-order valence-electron chi connectivity index (χ3n) is 8.22. The van der Waals surface area contributed by atoms with Gasteiger partial charge in [0.2, 0.25) is 5.91 Å². The van der Waals surface area contributed by atoms with Gasteiger partial charge in [-0.1, -0.05) is 32.9 Å². The second-order valence-corrected chi connectivity index (χ2v) is 12.2. The number of aliphatic hydroxyl groups excluding tert-OH is 1. The second-order valence-electron chi connectivity index (χ2n) is 12.2. The van der Waals surface area contributed by atoms with Crippen molar-refractivity contribution in [2.45, 2.75) is 57.9 Å². The van der Waals surface area contributed by atoms with Crippen molar-refractivity contribution in [2.24, 2.45) is 34.8 Å². The number of nitrogens with zero attached hydrogens (tertiary/aromatic N) is 1. The van der Waals surface area contributed by atoms with Crippen LogP contribution < -0.4 is 11.1 Å². The van der Waals surface area contributed by atoms with Crippen molar-refractivity contribution in [3.8, 4) is 5.75 Å². The van der Waals surface area contributed by atoms with Crippen LogP contribution in [0.25, 0.3) is 0 Å². The lowest BCUT2D eigenvalue weighted by Crippen LogP contribution is -2.75. The Morgan fingerprint density at radius 1 is 1.19 bits per heavy atom. The molecule has 1 aromatic rings. The molecule has 0 heterocycles. The average molecular weight is 516 g/mol. The zero-order valence-corrected chi connectivity index (χ0v) is 21.9. The number of nitrogens with one attached hydrogen (secondary N) is 1. The molecule has 10 heteroatoms. The highest BCUT2D eigenvalue weighted by Crippen LogP contribution is 2.51. The maximum atomic E-state index is 13.8. The molecule has 7 atom stereocenters. The molecular formula is C27H37N3O7. The fourth-order valence-corrected chi connectivity index (χ4v) is 6.56. The number of carbonyl (C=O) groups is 4. The molecule has 0 radical (unpaired) electrons. The Kier molecular flexibility index (Phi) is 6.86. The van der Waals surface area contributed by atoms with E-state index < -0.39 is 64.7 Å². The first-order valence-corrected chi connectivity index (χ1v) is 12.6. The molecule has 4 unspecified atom stereocenters. The van der Waals surface area contributed by atoms with Crippen molar-refractivity contribution in [1.29, 1.82) is 0 Å². The van der Waals surface area contributed by atoms with Crippen LogP contribution in [0.3, 0.4) is 0 Å². The minimum absolute atomic E-state index is 0.0146. The molecule has 3 aliphatic rings. The summed E-state index contributed by atoms with van der Waals surface area (Å²) in [6.07, 6.45) is -1.12. The van der Waals surface area contributed by atoms with Gasteiger partial charge in [0.15, 0.2) is 23.0 Å². The number of ketones is 3. The largest absolute Gasteiger partial charge is 0.507 e. The Morgan fingerprint density at radius 3 is 2.41 bits per heavy atom. The summed E-state index contributed by atoms with van der Waals surface area (Å²) >= 11 is 0. The number of likely N-dealkylation sites (N-methyl/N-ethyl adjacent to an activating group) is 1. The van der Waals surface area contributed by atoms with Gasteiger partial charge in [0.05, 0.1) is 17.6 Å². The lowest BCUT2D eigenvalue weighted by atomic mass is 9.52. The van der Waals surface area contributed by atoms with Gasteiger partial charge in [-0.25, -0.2) is 0 Å². The summed E-state index contributed by atoms with van der Waals surface area (Å²) in [4.78, 5) is 54.6. The van der Waals surface area contributed by atoms with E-state index >= 15 is 0 Å². The average Bonchev–Trinajstić information content (AvgIpc) is 2.76. The number of rotatable bonds is 5. The molecule has 1 aromatic carbocycles. The minimum Gasteiger partial charge on any atom is -0.507 e. The van der Waals surface area contributed by atoms with E-state index in [1.165, 1.54) is 0 Å². The minimum atomic E-state index is -2.65. The fraction of sp³-hybridized carbons (Fsp3) is 0.630. The molecule has 202 valence electrons. The van der Waals surface area contributed by atoms with Crippen molar-refractivity contribution >= 4 is 23.3 Å². The second kappa shape index (κ2) is 9.27. The molecule has 10 nitrogen and oxygen atoms in total. The Balaban J connectivity index is 1.73. The van der Waals surface area contributed by atoms with E-state index in [4.69, 9.17) is 5.73 Å². The molecule has 6 N–H and O–H groups in total. The number of hydrogen-bond donors (Lipinski definition) is 5. The maximum Gasteiger partial charge on any atom is 0.230 e. The number of nitrogens with two attached hydrogens (primary N) is 1. The van der Waals surface area contributed by atoms with Gasteiger partial charge in [-0.05, 0) is 43.8 Å². The summed E-state index contributed by atoms with van der Waals surface area (Å²) in [5.74, 6) is -8.85. The maximum absolute atomic E-state index is 13.8. The predicted octanol–water partition coefficient (Wildman–Crippen LogP) is -0.205. The van der Waals surface area contributed by atoms with Gasteiger partial charge < -0.3 is 31.3 Å². The SMILES string of the molecule is CN(C)C1C(O)C(C(N)=O)C(=O)[C@]2(O)C(=O)C3C(=O)c4c(ccc(CNCC(C)(C)C)c4O)C[C@@H]3C[C@H]12. The zero-order valence-electron chi connectivity index (χ0n) is 21.9. The molecule has 3 aliphatic carbocycles. The van der Waals surface area contributed by atoms with Gasteiger partial charge in [-0.3, -0.25) is 19.2 Å². The van der Waals surface area contributed by atoms with E-state index in [1.54, 1.807) is 31.1 Å². The Hall–Kier alpha value is -2.66. The number of amides is 1. The zero-order chi connectivity index (χ0) is 27.6. The van der Waals surface area contributed by atoms with E-state index in [-0.39, 0.29) is 29.6 Å². The van der Waals surface area contributed by atoms with Crippen LogP contribution in [0, 0.1) is 29.1 Å². The van der Waals surface area contributed by atoms with Crippen molar-refractivity contribution in [3.05, 3.63) is 28.8 Å². The van der Waals surface area contributed by atoms with Crippen molar-refractivity contribution in [1.82, 2.24) is 10.2 Å². The summed E-state index contributed by atoms with van der Waals surface area (Å²) in [6, 6.07) is 2.62. The van der Waals surface area contributed by atoms with Gasteiger partial charge in [-0.15, -0.1) is 0 Å². The number of phenolic OH excluding ortho intramolecular Hbond substituents is 1. The van der Waals surface area contributed by atoms with E-state index in [1.807, 2.05) is 0 Å². The summed E-state index contributed by atoms with van der Waals surface area (Å²) in [5.41, 5.74) is 3.90. The number of Topliss-reactive ketones (excluding diaryl/α,β-unsaturated/α-hetero) is 3. The number of hydrogen-bond acceptors (Lipinski definition) is 9. The first-order chi connectivity index (χ1) is 17.1. The molecule has 1 amide bonds. The van der Waals surface area contributed by atoms with Crippen LogP contribution in [0.4, 0.5) is 0 Å². The molecule has 0 aliphatic heterocycles. The van der Waals surface area contributed by atoms with E-state index in [0.29, 0.717) is 24.2 Å². The molecule has 2 fully saturated rings. The standard InChI is InChI=1S/C27H37N3O7/c1-26(2,3)11-29-10-13-7-6-12-8-14-9-15-19(30(4)5)22(33)18(25(28)36)24(35)27(15,37)23(34)17(14)21(32)16(12)20(13)31/h6-7,14-15,17-19,22,29,31,33,37H,8-11H2,1-5H3,(H2,28,36)/t14-,15-,17?,18?,19?,22?,27-/m1/s1. The van der Waals surface area contributed by atoms with Crippen molar-refractivity contribution < 1.29 is 34.5 Å². The van der Waals surface area contributed by atoms with E-state index in [2.05, 4.69) is 26.1 Å². The predicted molar refractivity (Wildman–Crippen MR) is 134 cm³/mol. The molecule has 0 aromatic heterocycles. The van der Waals surface area contributed by atoms with E-state index in [0.717, 1.165) is 0 Å². The smallest absolute Gasteiger partial charge is 0.230 e. The van der Waals surface area contributed by atoms with Crippen LogP contribution in [0.15, 0.2) is 12.1 Å². The molecule has 2 saturated carbocycles. The Labute approximate surface area is 216 Å². The van der Waals surface area contributed by atoms with Crippen LogP contribution in [0.2, 0.25) is 0 Å². The van der Waals surface area contributed by atoms with Gasteiger partial charge >= 0.3 is 0 Å². The highest BCUT2D eigenvalue weighted by molar-refractivity contribution is 6.25. The van der Waals surface area contributed by atoms with Gasteiger partial charge in [0.25, 0.3) is 0 Å². The summed E-state index contributed by atoms with van der Waals surface area (Å²) in [5, 5.41) is 36.8. The number of benzene rings is 1. The van der Waals surface area contributed by atoms with Gasteiger partial charge in [0.1, 0.15) is 11.7 Å². The van der Waals surface area contributed by atoms with Crippen LogP contribution in [-0.2, 0) is 27.3 Å². The van der Waals surface area contributed by atoms with Crippen LogP contribution in [-0.4, -0.2) is 81.9 Å². The summed E-state index contributed by atoms with van der Waals surface area (Å²) < 4.78 is 0. The topological polar surface area (TPSA) is 170 Å². The summed E-state index contributed by atoms with van der Waals surface area (Å²) in [7, 11) is 3.24. The monoisotopic (exact) mass is 515 g/mol. The molecule has 0 spiro atoms. The lowest BCUT2D eigenvalue weighted by molar-refractivity contribution is -0.190. The number of phenols is 1. The first-order valence-electron chi connectivity index (χ1n) is 12.6. The van der Waals surface area contributed by atoms with Crippen LogP contribution in [0.5, 0.6) is 5.75 Å².